The van der Waals surface area contributed by atoms with Crippen molar-refractivity contribution in [1.29, 1.82) is 0 Å². The highest BCUT2D eigenvalue weighted by Crippen LogP contribution is 2.43. The van der Waals surface area contributed by atoms with Crippen molar-refractivity contribution in [2.75, 3.05) is 44.3 Å². The maximum Gasteiger partial charge on any atom is 0.320 e. The van der Waals surface area contributed by atoms with Gasteiger partial charge in [0.2, 0.25) is 5.91 Å². The number of morpholine rings is 1. The number of fused-ring (bicyclic) bond motifs is 3. The molecule has 0 spiro atoms. The topological polar surface area (TPSA) is 110 Å². The second-order valence-corrected chi connectivity index (χ2v) is 9.73. The van der Waals surface area contributed by atoms with Crippen LogP contribution in [0.15, 0.2) is 12.1 Å². The van der Waals surface area contributed by atoms with Crippen LogP contribution < -0.4 is 4.90 Å². The molecule has 34 heavy (non-hydrogen) atoms. The van der Waals surface area contributed by atoms with Gasteiger partial charge in [0.25, 0.3) is 0 Å². The van der Waals surface area contributed by atoms with Crippen LogP contribution in [-0.4, -0.2) is 81.3 Å². The molecule has 10 heteroatoms. The van der Waals surface area contributed by atoms with Crippen LogP contribution in [0.5, 0.6) is 0 Å². The molecule has 1 aromatic carbocycles. The number of rotatable bonds is 2. The molecule has 1 fully saturated rings. The summed E-state index contributed by atoms with van der Waals surface area (Å²) in [6.45, 7) is 10.1. The van der Waals surface area contributed by atoms with E-state index >= 15 is 0 Å². The first-order valence-corrected chi connectivity index (χ1v) is 11.9. The van der Waals surface area contributed by atoms with E-state index in [0.717, 1.165) is 45.7 Å². The van der Waals surface area contributed by atoms with Crippen LogP contribution in [-0.2, 0) is 27.9 Å². The van der Waals surface area contributed by atoms with Gasteiger partial charge in [-0.1, -0.05) is 0 Å². The van der Waals surface area contributed by atoms with E-state index in [-0.39, 0.29) is 11.9 Å². The minimum atomic E-state index is -0.573. The zero-order chi connectivity index (χ0) is 23.6. The normalized spacial score (nSPS) is 19.6. The zero-order valence-electron chi connectivity index (χ0n) is 19.8. The monoisotopic (exact) mass is 463 g/mol. The largest absolute Gasteiger partial charge is 0.378 e. The van der Waals surface area contributed by atoms with Crippen LogP contribution in [0, 0.1) is 0 Å². The van der Waals surface area contributed by atoms with Crippen molar-refractivity contribution in [3.05, 3.63) is 29.0 Å². The van der Waals surface area contributed by atoms with E-state index in [4.69, 9.17) is 9.72 Å². The van der Waals surface area contributed by atoms with Gasteiger partial charge in [-0.2, -0.15) is 5.10 Å². The van der Waals surface area contributed by atoms with Gasteiger partial charge in [0.1, 0.15) is 5.69 Å². The summed E-state index contributed by atoms with van der Waals surface area (Å²) >= 11 is 0. The number of aromatic amines is 2. The lowest BCUT2D eigenvalue weighted by Crippen LogP contribution is -2.49. The lowest BCUT2D eigenvalue weighted by molar-refractivity contribution is -0.122. The predicted octanol–water partition coefficient (Wildman–Crippen LogP) is 2.41. The summed E-state index contributed by atoms with van der Waals surface area (Å²) in [5.41, 5.74) is 5.83. The molecule has 3 aromatic rings. The third-order valence-electron chi connectivity index (χ3n) is 7.37. The number of urea groups is 1. The van der Waals surface area contributed by atoms with E-state index in [9.17, 15) is 9.59 Å². The number of benzene rings is 1. The Bertz CT molecular complexity index is 1300. The van der Waals surface area contributed by atoms with Gasteiger partial charge in [-0.25, -0.2) is 9.78 Å². The van der Waals surface area contributed by atoms with Crippen LogP contribution in [0.4, 0.5) is 10.5 Å². The second-order valence-electron chi connectivity index (χ2n) is 9.73. The van der Waals surface area contributed by atoms with E-state index in [2.05, 4.69) is 15.2 Å². The van der Waals surface area contributed by atoms with Crippen molar-refractivity contribution in [2.24, 2.45) is 0 Å². The van der Waals surface area contributed by atoms with Crippen molar-refractivity contribution >= 4 is 28.7 Å². The second kappa shape index (κ2) is 7.56. The van der Waals surface area contributed by atoms with Gasteiger partial charge in [-0.3, -0.25) is 9.89 Å². The van der Waals surface area contributed by atoms with Gasteiger partial charge in [-0.05, 0) is 38.5 Å². The van der Waals surface area contributed by atoms with Crippen molar-refractivity contribution in [3.8, 4) is 11.5 Å². The molecule has 0 aliphatic carbocycles. The van der Waals surface area contributed by atoms with E-state index < -0.39 is 5.41 Å². The number of nitrogens with one attached hydrogen (secondary N) is 2. The number of aromatic nitrogens is 4. The van der Waals surface area contributed by atoms with Crippen LogP contribution in [0.25, 0.3) is 22.6 Å². The first-order valence-electron chi connectivity index (χ1n) is 11.9. The predicted molar refractivity (Wildman–Crippen MR) is 127 cm³/mol. The first-order chi connectivity index (χ1) is 16.4. The summed E-state index contributed by atoms with van der Waals surface area (Å²) in [4.78, 5) is 39.7. The molecule has 0 unspecified atom stereocenters. The number of imidazole rings is 1. The average Bonchev–Trinajstić information content (AvgIpc) is 3.51. The fourth-order valence-corrected chi connectivity index (χ4v) is 5.37. The maximum atomic E-state index is 13.0. The summed E-state index contributed by atoms with van der Waals surface area (Å²) in [5.74, 6) is 0.785. The third-order valence-corrected chi connectivity index (χ3v) is 7.37. The fraction of sp³-hybridized carbons (Fsp3) is 0.500. The Morgan fingerprint density at radius 2 is 1.97 bits per heavy atom. The fourth-order valence-electron chi connectivity index (χ4n) is 5.37. The van der Waals surface area contributed by atoms with Crippen molar-refractivity contribution < 1.29 is 14.3 Å². The smallest absolute Gasteiger partial charge is 0.320 e. The highest BCUT2D eigenvalue weighted by atomic mass is 16.5. The van der Waals surface area contributed by atoms with Gasteiger partial charge in [0.05, 0.1) is 41.9 Å². The highest BCUT2D eigenvalue weighted by Gasteiger charge is 2.43. The molecular weight excluding hydrogens is 434 g/mol. The Morgan fingerprint density at radius 3 is 2.74 bits per heavy atom. The number of ether oxygens (including phenoxy) is 1. The number of H-pyrrole nitrogens is 2. The van der Waals surface area contributed by atoms with Crippen LogP contribution in [0.3, 0.4) is 0 Å². The minimum absolute atomic E-state index is 0.0497. The molecule has 0 bridgehead atoms. The van der Waals surface area contributed by atoms with Crippen LogP contribution in [0.2, 0.25) is 0 Å². The lowest BCUT2D eigenvalue weighted by atomic mass is 9.86. The molecule has 178 valence electrons. The van der Waals surface area contributed by atoms with E-state index in [1.807, 2.05) is 47.6 Å². The van der Waals surface area contributed by atoms with Crippen molar-refractivity contribution in [2.45, 2.75) is 39.2 Å². The lowest BCUT2D eigenvalue weighted by Gasteiger charge is -2.34. The molecule has 10 nitrogen and oxygen atoms in total. The van der Waals surface area contributed by atoms with Gasteiger partial charge in [0, 0.05) is 43.9 Å². The van der Waals surface area contributed by atoms with Gasteiger partial charge in [-0.15, -0.1) is 0 Å². The Kier molecular flexibility index (Phi) is 4.70. The van der Waals surface area contributed by atoms with Crippen molar-refractivity contribution in [3.63, 3.8) is 0 Å². The number of amides is 3. The summed E-state index contributed by atoms with van der Waals surface area (Å²) in [6, 6.07) is 4.09. The SMILES string of the molecule is CCN1C(=O)C(C)(C)c2cc3[nH]c(-c4n[nH]c5c4CN(C(=O)N4CCOCC4)CC5)nc3cc21. The van der Waals surface area contributed by atoms with E-state index in [0.29, 0.717) is 51.8 Å². The molecule has 2 aromatic heterocycles. The number of hydrogen-bond donors (Lipinski definition) is 2. The number of anilines is 1. The number of nitrogens with zero attached hydrogens (tertiary/aromatic N) is 5. The third kappa shape index (κ3) is 3.04. The standard InChI is InChI=1S/C24H29N7O3/c1-4-31-19-12-18-17(11-15(19)24(2,3)22(31)32)25-21(26-18)20-14-13-30(6-5-16(14)27-28-20)23(33)29-7-9-34-10-8-29/h11-12H,4-10,13H2,1-3H3,(H,25,26)(H,27,28). The van der Waals surface area contributed by atoms with Crippen LogP contribution >= 0.6 is 0 Å². The summed E-state index contributed by atoms with van der Waals surface area (Å²) in [7, 11) is 0. The average molecular weight is 464 g/mol. The number of hydrogen-bond acceptors (Lipinski definition) is 5. The summed E-state index contributed by atoms with van der Waals surface area (Å²) in [5, 5.41) is 7.72. The number of carbonyl (C=O) groups is 2. The quantitative estimate of drug-likeness (QED) is 0.606. The van der Waals surface area contributed by atoms with Crippen LogP contribution in [0.1, 0.15) is 37.6 Å². The van der Waals surface area contributed by atoms with E-state index in [1.54, 1.807) is 0 Å². The van der Waals surface area contributed by atoms with Crippen molar-refractivity contribution in [1.82, 2.24) is 30.0 Å². The first kappa shape index (κ1) is 21.2. The highest BCUT2D eigenvalue weighted by molar-refractivity contribution is 6.09. The molecule has 3 aliphatic heterocycles. The molecule has 0 atom stereocenters. The molecule has 5 heterocycles. The Morgan fingerprint density at radius 1 is 1.18 bits per heavy atom. The summed E-state index contributed by atoms with van der Waals surface area (Å²) in [6.07, 6.45) is 0.731. The Hall–Kier alpha value is -3.40. The number of carbonyl (C=O) groups excluding carboxylic acids is 2. The van der Waals surface area contributed by atoms with Gasteiger partial charge >= 0.3 is 6.03 Å². The van der Waals surface area contributed by atoms with Gasteiger partial charge < -0.3 is 24.4 Å². The maximum absolute atomic E-state index is 13.0. The molecule has 1 saturated heterocycles. The van der Waals surface area contributed by atoms with Gasteiger partial charge in [0.15, 0.2) is 5.82 Å². The minimum Gasteiger partial charge on any atom is -0.378 e. The molecule has 6 rings (SSSR count). The Balaban J connectivity index is 1.34. The zero-order valence-corrected chi connectivity index (χ0v) is 19.8. The molecule has 0 radical (unpaired) electrons. The van der Waals surface area contributed by atoms with E-state index in [1.165, 1.54) is 0 Å². The number of likely N-dealkylation sites (N-methyl/N-ethyl adjacent to an activating group) is 1. The molecular formula is C24H29N7O3. The summed E-state index contributed by atoms with van der Waals surface area (Å²) < 4.78 is 5.39. The molecule has 2 N–H and O–H groups in total. The Labute approximate surface area is 197 Å². The molecule has 3 amide bonds. The molecule has 0 saturated carbocycles. The molecule has 3 aliphatic rings.